The monoisotopic (exact) mass is 281 g/mol. The van der Waals surface area contributed by atoms with Crippen LogP contribution in [0.4, 0.5) is 5.69 Å². The molecule has 0 unspecified atom stereocenters. The van der Waals surface area contributed by atoms with Crippen molar-refractivity contribution in [1.29, 1.82) is 0 Å². The Morgan fingerprint density at radius 1 is 1.16 bits per heavy atom. The molecule has 0 saturated carbocycles. The lowest BCUT2D eigenvalue weighted by atomic mass is 9.87. The molecule has 0 saturated heterocycles. The number of rotatable bonds is 0. The van der Waals surface area contributed by atoms with Crippen molar-refractivity contribution >= 4 is 21.4 Å². The molecule has 4 nitrogen and oxygen atoms in total. The third-order valence-corrected chi connectivity index (χ3v) is 6.07. The van der Waals surface area contributed by atoms with Crippen LogP contribution in [0.15, 0.2) is 23.1 Å². The Kier molecular flexibility index (Phi) is 2.83. The number of carbonyl (C=O) groups is 1. The Morgan fingerprint density at radius 2 is 1.74 bits per heavy atom. The smallest absolute Gasteiger partial charge is 0.245 e. The van der Waals surface area contributed by atoms with E-state index in [0.717, 1.165) is 5.56 Å². The van der Waals surface area contributed by atoms with E-state index in [4.69, 9.17) is 0 Å². The lowest BCUT2D eigenvalue weighted by Crippen LogP contribution is -2.48. The predicted octanol–water partition coefficient (Wildman–Crippen LogP) is 2.49. The molecule has 5 heteroatoms. The van der Waals surface area contributed by atoms with E-state index in [2.05, 4.69) is 5.32 Å². The number of hydrogen-bond acceptors (Lipinski definition) is 3. The van der Waals surface area contributed by atoms with Crippen molar-refractivity contribution < 1.29 is 13.2 Å². The Morgan fingerprint density at radius 3 is 2.26 bits per heavy atom. The molecule has 2 rings (SSSR count). The topological polar surface area (TPSA) is 63.2 Å². The van der Waals surface area contributed by atoms with Crippen molar-refractivity contribution in [3.63, 3.8) is 0 Å². The van der Waals surface area contributed by atoms with Crippen LogP contribution >= 0.6 is 0 Å². The van der Waals surface area contributed by atoms with Gasteiger partial charge >= 0.3 is 0 Å². The number of benzene rings is 1. The first-order chi connectivity index (χ1) is 8.48. The summed E-state index contributed by atoms with van der Waals surface area (Å²) in [6, 6.07) is 5.15. The molecule has 1 aromatic carbocycles. The minimum absolute atomic E-state index is 0.101. The largest absolute Gasteiger partial charge is 0.324 e. The van der Waals surface area contributed by atoms with E-state index in [1.165, 1.54) is 13.8 Å². The lowest BCUT2D eigenvalue weighted by Gasteiger charge is -2.31. The number of carbonyl (C=O) groups excluding carboxylic acids is 1. The van der Waals surface area contributed by atoms with Crippen LogP contribution < -0.4 is 5.32 Å². The van der Waals surface area contributed by atoms with Gasteiger partial charge in [0.1, 0.15) is 4.75 Å². The SMILES string of the molecule is CC(C)(C)c1ccc2c(c1)NC(=O)C(C)(C)S2(=O)=O. The molecule has 0 atom stereocenters. The number of amides is 1. The zero-order valence-corrected chi connectivity index (χ0v) is 12.7. The summed E-state index contributed by atoms with van der Waals surface area (Å²) in [5, 5.41) is 2.70. The van der Waals surface area contributed by atoms with E-state index in [1.807, 2.05) is 26.8 Å². The molecule has 1 amide bonds. The van der Waals surface area contributed by atoms with Crippen LogP contribution in [-0.4, -0.2) is 19.1 Å². The maximum atomic E-state index is 12.4. The Balaban J connectivity index is 2.69. The van der Waals surface area contributed by atoms with Gasteiger partial charge in [0, 0.05) is 0 Å². The van der Waals surface area contributed by atoms with Crippen LogP contribution in [0.5, 0.6) is 0 Å². The molecule has 1 heterocycles. The van der Waals surface area contributed by atoms with Gasteiger partial charge in [-0.15, -0.1) is 0 Å². The predicted molar refractivity (Wildman–Crippen MR) is 75.0 cm³/mol. The van der Waals surface area contributed by atoms with Crippen LogP contribution in [0.3, 0.4) is 0 Å². The zero-order chi connectivity index (χ0) is 14.6. The van der Waals surface area contributed by atoms with Gasteiger partial charge in [-0.3, -0.25) is 4.79 Å². The fourth-order valence-electron chi connectivity index (χ4n) is 2.00. The second-order valence-corrected chi connectivity index (χ2v) is 8.90. The lowest BCUT2D eigenvalue weighted by molar-refractivity contribution is -0.118. The minimum atomic E-state index is -3.64. The highest BCUT2D eigenvalue weighted by Gasteiger charge is 2.47. The van der Waals surface area contributed by atoms with Crippen molar-refractivity contribution in [3.05, 3.63) is 23.8 Å². The van der Waals surface area contributed by atoms with Crippen molar-refractivity contribution in [3.8, 4) is 0 Å². The molecule has 1 aliphatic rings. The Bertz CT molecular complexity index is 652. The number of sulfone groups is 1. The second kappa shape index (κ2) is 3.82. The number of hydrogen-bond donors (Lipinski definition) is 1. The number of nitrogens with one attached hydrogen (secondary N) is 1. The van der Waals surface area contributed by atoms with E-state index in [9.17, 15) is 13.2 Å². The molecule has 0 radical (unpaired) electrons. The van der Waals surface area contributed by atoms with Gasteiger partial charge in [0.15, 0.2) is 9.84 Å². The fourth-order valence-corrected chi connectivity index (χ4v) is 3.49. The third kappa shape index (κ3) is 1.96. The van der Waals surface area contributed by atoms with Gasteiger partial charge in [-0.25, -0.2) is 8.42 Å². The summed E-state index contributed by atoms with van der Waals surface area (Å²) in [7, 11) is -3.64. The van der Waals surface area contributed by atoms with Crippen molar-refractivity contribution in [2.45, 2.75) is 49.7 Å². The quantitative estimate of drug-likeness (QED) is 0.794. The van der Waals surface area contributed by atoms with E-state index < -0.39 is 20.5 Å². The van der Waals surface area contributed by atoms with Gasteiger partial charge in [0.25, 0.3) is 0 Å². The molecule has 1 aromatic rings. The number of anilines is 1. The molecule has 0 spiro atoms. The maximum absolute atomic E-state index is 12.4. The fraction of sp³-hybridized carbons (Fsp3) is 0.500. The molecule has 0 aromatic heterocycles. The number of fused-ring (bicyclic) bond motifs is 1. The molecule has 1 aliphatic heterocycles. The summed E-state index contributed by atoms with van der Waals surface area (Å²) >= 11 is 0. The first-order valence-corrected chi connectivity index (χ1v) is 7.67. The highest BCUT2D eigenvalue weighted by atomic mass is 32.2. The van der Waals surface area contributed by atoms with E-state index in [0.29, 0.717) is 5.69 Å². The molecular formula is C14H19NO3S. The van der Waals surface area contributed by atoms with E-state index in [-0.39, 0.29) is 10.3 Å². The average Bonchev–Trinajstić information content (AvgIpc) is 2.25. The summed E-state index contributed by atoms with van der Waals surface area (Å²) in [5.74, 6) is -0.481. The zero-order valence-electron chi connectivity index (χ0n) is 11.9. The highest BCUT2D eigenvalue weighted by molar-refractivity contribution is 7.94. The van der Waals surface area contributed by atoms with Crippen LogP contribution in [0.25, 0.3) is 0 Å². The van der Waals surface area contributed by atoms with Crippen molar-refractivity contribution in [1.82, 2.24) is 0 Å². The summed E-state index contributed by atoms with van der Waals surface area (Å²) in [6.45, 7) is 8.98. The molecule has 104 valence electrons. The molecular weight excluding hydrogens is 262 g/mol. The van der Waals surface area contributed by atoms with Crippen LogP contribution in [0.2, 0.25) is 0 Å². The van der Waals surface area contributed by atoms with Crippen LogP contribution in [0.1, 0.15) is 40.2 Å². The van der Waals surface area contributed by atoms with Crippen LogP contribution in [-0.2, 0) is 20.0 Å². The summed E-state index contributed by atoms with van der Waals surface area (Å²) in [6.07, 6.45) is 0. The standard InChI is InChI=1S/C14H19NO3S/c1-13(2,3)9-6-7-11-10(8-9)15-12(16)14(4,5)19(11,17)18/h6-8H,1-5H3,(H,15,16). The van der Waals surface area contributed by atoms with Crippen molar-refractivity contribution in [2.75, 3.05) is 5.32 Å². The molecule has 0 bridgehead atoms. The van der Waals surface area contributed by atoms with Gasteiger partial charge in [-0.2, -0.15) is 0 Å². The van der Waals surface area contributed by atoms with E-state index in [1.54, 1.807) is 12.1 Å². The second-order valence-electron chi connectivity index (χ2n) is 6.43. The minimum Gasteiger partial charge on any atom is -0.324 e. The molecule has 0 aliphatic carbocycles. The summed E-state index contributed by atoms with van der Waals surface area (Å²) < 4.78 is 23.4. The van der Waals surface area contributed by atoms with Gasteiger partial charge < -0.3 is 5.32 Å². The summed E-state index contributed by atoms with van der Waals surface area (Å²) in [4.78, 5) is 12.2. The average molecular weight is 281 g/mol. The Hall–Kier alpha value is -1.36. The van der Waals surface area contributed by atoms with Gasteiger partial charge in [0.2, 0.25) is 5.91 Å². The normalized spacial score (nSPS) is 20.6. The maximum Gasteiger partial charge on any atom is 0.245 e. The van der Waals surface area contributed by atoms with Gasteiger partial charge in [-0.1, -0.05) is 26.8 Å². The third-order valence-electron chi connectivity index (χ3n) is 3.60. The van der Waals surface area contributed by atoms with E-state index >= 15 is 0 Å². The van der Waals surface area contributed by atoms with Gasteiger partial charge in [-0.05, 0) is 37.0 Å². The molecule has 0 fully saturated rings. The highest BCUT2D eigenvalue weighted by Crippen LogP contribution is 2.38. The first-order valence-electron chi connectivity index (χ1n) is 6.18. The molecule has 19 heavy (non-hydrogen) atoms. The summed E-state index contributed by atoms with van der Waals surface area (Å²) in [5.41, 5.74) is 1.27. The molecule has 1 N–H and O–H groups in total. The van der Waals surface area contributed by atoms with Gasteiger partial charge in [0.05, 0.1) is 10.6 Å². The van der Waals surface area contributed by atoms with Crippen molar-refractivity contribution in [2.24, 2.45) is 0 Å². The Labute approximate surface area is 114 Å². The first kappa shape index (κ1) is 14.1. The van der Waals surface area contributed by atoms with Crippen LogP contribution in [0, 0.1) is 0 Å².